The van der Waals surface area contributed by atoms with Crippen molar-refractivity contribution in [3.05, 3.63) is 77.6 Å². The summed E-state index contributed by atoms with van der Waals surface area (Å²) in [4.78, 5) is 4.46. The number of aromatic nitrogens is 1. The summed E-state index contributed by atoms with van der Waals surface area (Å²) in [5.74, 6) is 0. The number of pyridine rings is 1. The molecule has 0 amide bonds. The predicted octanol–water partition coefficient (Wildman–Crippen LogP) is 4.71. The quantitative estimate of drug-likeness (QED) is 0.637. The molecule has 1 heterocycles. The van der Waals surface area contributed by atoms with E-state index in [1.54, 1.807) is 0 Å². The van der Waals surface area contributed by atoms with E-state index in [2.05, 4.69) is 72.6 Å². The summed E-state index contributed by atoms with van der Waals surface area (Å²) in [6, 6.07) is 18.7. The van der Waals surface area contributed by atoms with Crippen LogP contribution in [0.15, 0.2) is 60.8 Å². The van der Waals surface area contributed by atoms with Crippen LogP contribution in [0.25, 0.3) is 22.9 Å². The SMILES string of the molecule is Cc1ccccc1C=Cc1nccc2ccccc12. The summed E-state index contributed by atoms with van der Waals surface area (Å²) in [7, 11) is 0. The topological polar surface area (TPSA) is 12.9 Å². The lowest BCUT2D eigenvalue weighted by atomic mass is 10.1. The fraction of sp³-hybridized carbons (Fsp3) is 0.0556. The highest BCUT2D eigenvalue weighted by atomic mass is 14.7. The highest BCUT2D eigenvalue weighted by Gasteiger charge is 1.98. The molecule has 3 rings (SSSR count). The second-order valence-electron chi connectivity index (χ2n) is 4.61. The first-order chi connectivity index (χ1) is 9.34. The fourth-order valence-electron chi connectivity index (χ4n) is 2.22. The molecule has 19 heavy (non-hydrogen) atoms. The minimum absolute atomic E-state index is 1.02. The Morgan fingerprint density at radius 3 is 2.53 bits per heavy atom. The molecule has 2 aromatic carbocycles. The van der Waals surface area contributed by atoms with Crippen LogP contribution in [0.4, 0.5) is 0 Å². The van der Waals surface area contributed by atoms with E-state index in [0.717, 1.165) is 5.69 Å². The van der Waals surface area contributed by atoms with Crippen molar-refractivity contribution in [2.45, 2.75) is 6.92 Å². The summed E-state index contributed by atoms with van der Waals surface area (Å²) >= 11 is 0. The van der Waals surface area contributed by atoms with Crippen LogP contribution in [0, 0.1) is 6.92 Å². The Hall–Kier alpha value is -2.41. The number of fused-ring (bicyclic) bond motifs is 1. The Morgan fingerprint density at radius 1 is 0.842 bits per heavy atom. The summed E-state index contributed by atoms with van der Waals surface area (Å²) in [6.07, 6.45) is 6.08. The predicted molar refractivity (Wildman–Crippen MR) is 81.9 cm³/mol. The van der Waals surface area contributed by atoms with Crippen LogP contribution in [0.5, 0.6) is 0 Å². The van der Waals surface area contributed by atoms with E-state index >= 15 is 0 Å². The molecule has 0 fully saturated rings. The van der Waals surface area contributed by atoms with Gasteiger partial charge in [0, 0.05) is 11.6 Å². The van der Waals surface area contributed by atoms with Crippen LogP contribution < -0.4 is 0 Å². The fourth-order valence-corrected chi connectivity index (χ4v) is 2.22. The molecular formula is C18H15N. The number of benzene rings is 2. The average molecular weight is 245 g/mol. The third-order valence-electron chi connectivity index (χ3n) is 3.31. The molecule has 92 valence electrons. The van der Waals surface area contributed by atoms with Gasteiger partial charge in [0.05, 0.1) is 5.69 Å². The highest BCUT2D eigenvalue weighted by Crippen LogP contribution is 2.19. The Bertz CT molecular complexity index is 736. The van der Waals surface area contributed by atoms with Crippen molar-refractivity contribution in [2.24, 2.45) is 0 Å². The normalized spacial score (nSPS) is 11.2. The third-order valence-corrected chi connectivity index (χ3v) is 3.31. The average Bonchev–Trinajstić information content (AvgIpc) is 2.46. The lowest BCUT2D eigenvalue weighted by Crippen LogP contribution is -1.83. The summed E-state index contributed by atoms with van der Waals surface area (Å²) in [5.41, 5.74) is 3.53. The van der Waals surface area contributed by atoms with Gasteiger partial charge in [0.2, 0.25) is 0 Å². The Balaban J connectivity index is 2.04. The molecule has 0 saturated carbocycles. The molecule has 0 saturated heterocycles. The van der Waals surface area contributed by atoms with Crippen molar-refractivity contribution in [2.75, 3.05) is 0 Å². The third kappa shape index (κ3) is 2.41. The van der Waals surface area contributed by atoms with Crippen molar-refractivity contribution in [1.82, 2.24) is 4.98 Å². The standard InChI is InChI=1S/C18H15N/c1-14-6-2-3-7-15(14)10-11-18-17-9-5-4-8-16(17)12-13-19-18/h2-13H,1H3. The van der Waals surface area contributed by atoms with E-state index in [4.69, 9.17) is 0 Å². The van der Waals surface area contributed by atoms with Crippen LogP contribution in [0.2, 0.25) is 0 Å². The molecule has 0 aliphatic heterocycles. The number of aryl methyl sites for hydroxylation is 1. The lowest BCUT2D eigenvalue weighted by Gasteiger charge is -2.02. The van der Waals surface area contributed by atoms with Crippen molar-refractivity contribution in [3.8, 4) is 0 Å². The van der Waals surface area contributed by atoms with Gasteiger partial charge >= 0.3 is 0 Å². The first-order valence-corrected chi connectivity index (χ1v) is 6.42. The molecule has 0 unspecified atom stereocenters. The van der Waals surface area contributed by atoms with Gasteiger partial charge in [0.25, 0.3) is 0 Å². The molecule has 1 heteroatoms. The van der Waals surface area contributed by atoms with Crippen molar-refractivity contribution in [3.63, 3.8) is 0 Å². The van der Waals surface area contributed by atoms with Crippen molar-refractivity contribution in [1.29, 1.82) is 0 Å². The molecule has 0 atom stereocenters. The monoisotopic (exact) mass is 245 g/mol. The molecule has 0 radical (unpaired) electrons. The molecule has 1 aromatic heterocycles. The molecule has 0 spiro atoms. The van der Waals surface area contributed by atoms with Crippen LogP contribution in [-0.2, 0) is 0 Å². The van der Waals surface area contributed by atoms with Gasteiger partial charge in [-0.25, -0.2) is 0 Å². The van der Waals surface area contributed by atoms with E-state index in [0.29, 0.717) is 0 Å². The Kier molecular flexibility index (Phi) is 3.11. The van der Waals surface area contributed by atoms with Gasteiger partial charge in [-0.15, -0.1) is 0 Å². The van der Waals surface area contributed by atoms with Crippen molar-refractivity contribution < 1.29 is 0 Å². The second-order valence-corrected chi connectivity index (χ2v) is 4.61. The maximum atomic E-state index is 4.46. The lowest BCUT2D eigenvalue weighted by molar-refractivity contribution is 1.33. The molecular weight excluding hydrogens is 230 g/mol. The summed E-state index contributed by atoms with van der Waals surface area (Å²) in [5, 5.41) is 2.41. The Labute approximate surface area is 113 Å². The second kappa shape index (κ2) is 5.07. The maximum absolute atomic E-state index is 4.46. The van der Waals surface area contributed by atoms with Gasteiger partial charge in [-0.3, -0.25) is 4.98 Å². The van der Waals surface area contributed by atoms with E-state index in [1.807, 2.05) is 12.3 Å². The van der Waals surface area contributed by atoms with Crippen LogP contribution in [-0.4, -0.2) is 4.98 Å². The van der Waals surface area contributed by atoms with Gasteiger partial charge in [-0.05, 0) is 35.6 Å². The van der Waals surface area contributed by atoms with E-state index < -0.39 is 0 Å². The van der Waals surface area contributed by atoms with Crippen LogP contribution in [0.3, 0.4) is 0 Å². The number of nitrogens with zero attached hydrogens (tertiary/aromatic N) is 1. The zero-order valence-corrected chi connectivity index (χ0v) is 10.9. The molecule has 0 aliphatic rings. The van der Waals surface area contributed by atoms with Gasteiger partial charge in [-0.1, -0.05) is 54.6 Å². The number of hydrogen-bond acceptors (Lipinski definition) is 1. The van der Waals surface area contributed by atoms with Gasteiger partial charge < -0.3 is 0 Å². The molecule has 3 aromatic rings. The minimum atomic E-state index is 1.02. The van der Waals surface area contributed by atoms with Crippen molar-refractivity contribution >= 4 is 22.9 Å². The summed E-state index contributed by atoms with van der Waals surface area (Å²) < 4.78 is 0. The van der Waals surface area contributed by atoms with E-state index in [-0.39, 0.29) is 0 Å². The largest absolute Gasteiger partial charge is 0.256 e. The zero-order chi connectivity index (χ0) is 13.1. The minimum Gasteiger partial charge on any atom is -0.256 e. The molecule has 0 bridgehead atoms. The molecule has 1 nitrogen and oxygen atoms in total. The first-order valence-electron chi connectivity index (χ1n) is 6.42. The maximum Gasteiger partial charge on any atom is 0.0708 e. The number of hydrogen-bond donors (Lipinski definition) is 0. The van der Waals surface area contributed by atoms with Gasteiger partial charge in [0.1, 0.15) is 0 Å². The highest BCUT2D eigenvalue weighted by molar-refractivity contribution is 5.91. The Morgan fingerprint density at radius 2 is 1.63 bits per heavy atom. The summed E-state index contributed by atoms with van der Waals surface area (Å²) in [6.45, 7) is 2.12. The van der Waals surface area contributed by atoms with Crippen LogP contribution in [0.1, 0.15) is 16.8 Å². The van der Waals surface area contributed by atoms with E-state index in [1.165, 1.54) is 21.9 Å². The molecule has 0 N–H and O–H groups in total. The molecule has 0 aliphatic carbocycles. The smallest absolute Gasteiger partial charge is 0.0708 e. The zero-order valence-electron chi connectivity index (χ0n) is 10.9. The first kappa shape index (κ1) is 11.7. The van der Waals surface area contributed by atoms with Crippen LogP contribution >= 0.6 is 0 Å². The van der Waals surface area contributed by atoms with E-state index in [9.17, 15) is 0 Å². The number of rotatable bonds is 2. The van der Waals surface area contributed by atoms with Gasteiger partial charge in [-0.2, -0.15) is 0 Å². The van der Waals surface area contributed by atoms with Gasteiger partial charge in [0.15, 0.2) is 0 Å².